The van der Waals surface area contributed by atoms with Gasteiger partial charge in [-0.25, -0.2) is 4.98 Å². The first-order valence-electron chi connectivity index (χ1n) is 6.94. The maximum absolute atomic E-state index is 13.7. The predicted molar refractivity (Wildman–Crippen MR) is 88.0 cm³/mol. The van der Waals surface area contributed by atoms with E-state index in [1.807, 2.05) is 42.5 Å². The van der Waals surface area contributed by atoms with E-state index in [1.165, 1.54) is 0 Å². The molecule has 0 spiro atoms. The van der Waals surface area contributed by atoms with Gasteiger partial charge in [-0.1, -0.05) is 36.4 Å². The van der Waals surface area contributed by atoms with E-state index in [0.717, 1.165) is 16.7 Å². The summed E-state index contributed by atoms with van der Waals surface area (Å²) in [7, 11) is 1.70. The van der Waals surface area contributed by atoms with Gasteiger partial charge in [0.25, 0.3) is 0 Å². The van der Waals surface area contributed by atoms with Crippen molar-refractivity contribution in [2.45, 2.75) is 0 Å². The lowest BCUT2D eigenvalue weighted by atomic mass is 10.2. The molecule has 110 valence electrons. The van der Waals surface area contributed by atoms with Crippen molar-refractivity contribution in [2.75, 3.05) is 12.4 Å². The number of furan rings is 1. The van der Waals surface area contributed by atoms with Gasteiger partial charge in [0.15, 0.2) is 0 Å². The van der Waals surface area contributed by atoms with Crippen molar-refractivity contribution >= 4 is 28.9 Å². The first-order valence-corrected chi connectivity index (χ1v) is 6.94. The van der Waals surface area contributed by atoms with E-state index in [-0.39, 0.29) is 0 Å². The fourth-order valence-corrected chi connectivity index (χ4v) is 2.10. The molecule has 0 bridgehead atoms. The molecule has 3 aromatic rings. The number of para-hydroxylation sites is 1. The van der Waals surface area contributed by atoms with Crippen LogP contribution < -0.4 is 5.32 Å². The number of nitrogens with one attached hydrogen (secondary N) is 1. The minimum absolute atomic E-state index is 0.438. The van der Waals surface area contributed by atoms with Crippen LogP contribution >= 0.6 is 0 Å². The molecule has 0 fully saturated rings. The minimum Gasteiger partial charge on any atom is -0.457 e. The van der Waals surface area contributed by atoms with Gasteiger partial charge in [-0.2, -0.15) is 4.39 Å². The highest BCUT2D eigenvalue weighted by Crippen LogP contribution is 2.19. The topological polar surface area (TPSA) is 38.1 Å². The number of nitrogens with zero attached hydrogens (tertiary/aromatic N) is 1. The van der Waals surface area contributed by atoms with Crippen LogP contribution in [0.1, 0.15) is 11.3 Å². The molecule has 1 aromatic carbocycles. The number of pyridine rings is 1. The molecule has 3 rings (SSSR count). The van der Waals surface area contributed by atoms with E-state index in [9.17, 15) is 4.39 Å². The van der Waals surface area contributed by atoms with Crippen LogP contribution in [0.2, 0.25) is 0 Å². The maximum Gasteiger partial charge on any atom is 0.222 e. The van der Waals surface area contributed by atoms with Gasteiger partial charge in [0.05, 0.1) is 0 Å². The number of allylic oxidation sites excluding steroid dienone is 2. The lowest BCUT2D eigenvalue weighted by Crippen LogP contribution is -1.95. The Labute approximate surface area is 127 Å². The number of rotatable bonds is 4. The molecule has 0 radical (unpaired) electrons. The van der Waals surface area contributed by atoms with Gasteiger partial charge >= 0.3 is 0 Å². The smallest absolute Gasteiger partial charge is 0.222 e. The Bertz CT molecular complexity index is 816. The van der Waals surface area contributed by atoms with Gasteiger partial charge in [0.2, 0.25) is 5.95 Å². The highest BCUT2D eigenvalue weighted by atomic mass is 19.1. The largest absolute Gasteiger partial charge is 0.457 e. The third kappa shape index (κ3) is 3.06. The van der Waals surface area contributed by atoms with Crippen LogP contribution in [0.5, 0.6) is 0 Å². The molecule has 22 heavy (non-hydrogen) atoms. The fourth-order valence-electron chi connectivity index (χ4n) is 2.10. The van der Waals surface area contributed by atoms with Gasteiger partial charge in [-0.05, 0) is 30.3 Å². The van der Waals surface area contributed by atoms with Crippen LogP contribution in [0.3, 0.4) is 0 Å². The summed E-state index contributed by atoms with van der Waals surface area (Å²) in [5.41, 5.74) is 1.29. The molecular weight excluding hydrogens is 279 g/mol. The highest BCUT2D eigenvalue weighted by molar-refractivity contribution is 5.79. The third-order valence-corrected chi connectivity index (χ3v) is 3.23. The van der Waals surface area contributed by atoms with Crippen LogP contribution in [0.25, 0.3) is 23.1 Å². The number of aromatic nitrogens is 1. The number of benzene rings is 1. The summed E-state index contributed by atoms with van der Waals surface area (Å²) in [4.78, 5) is 3.79. The molecule has 1 N–H and O–H groups in total. The molecule has 0 aliphatic rings. The van der Waals surface area contributed by atoms with Crippen molar-refractivity contribution in [1.82, 2.24) is 4.98 Å². The molecule has 0 amide bonds. The normalized spacial score (nSPS) is 11.7. The monoisotopic (exact) mass is 294 g/mol. The molecule has 4 heteroatoms. The second-order valence-electron chi connectivity index (χ2n) is 4.73. The van der Waals surface area contributed by atoms with Crippen LogP contribution in [-0.4, -0.2) is 12.0 Å². The Kier molecular flexibility index (Phi) is 4.01. The molecule has 2 heterocycles. The van der Waals surface area contributed by atoms with E-state index in [2.05, 4.69) is 10.3 Å². The number of fused-ring (bicyclic) bond motifs is 1. The van der Waals surface area contributed by atoms with E-state index in [0.29, 0.717) is 11.4 Å². The highest BCUT2D eigenvalue weighted by Gasteiger charge is 2.01. The standard InChI is InChI=1S/C18H15FN2O/c1-20-17-11-10-13(18(19)21-17)6-2-4-8-15-12-14-7-3-5-9-16(14)22-15/h2-12H,1H3,(H,20,21)/b6-2+,8-4+. The average molecular weight is 294 g/mol. The summed E-state index contributed by atoms with van der Waals surface area (Å²) in [5, 5.41) is 3.85. The van der Waals surface area contributed by atoms with E-state index >= 15 is 0 Å². The Morgan fingerprint density at radius 1 is 1.09 bits per heavy atom. The molecule has 0 atom stereocenters. The SMILES string of the molecule is CNc1ccc(/C=C/C=C/c2cc3ccccc3o2)c(F)n1. The predicted octanol–water partition coefficient (Wildman–Crippen LogP) is 4.74. The molecular formula is C18H15FN2O. The van der Waals surface area contributed by atoms with Crippen molar-refractivity contribution < 1.29 is 8.81 Å². The zero-order valence-electron chi connectivity index (χ0n) is 12.1. The Morgan fingerprint density at radius 3 is 2.68 bits per heavy atom. The number of hydrogen-bond donors (Lipinski definition) is 1. The van der Waals surface area contributed by atoms with Crippen LogP contribution in [0.4, 0.5) is 10.2 Å². The van der Waals surface area contributed by atoms with E-state index in [1.54, 1.807) is 31.3 Å². The third-order valence-electron chi connectivity index (χ3n) is 3.23. The van der Waals surface area contributed by atoms with Gasteiger partial charge < -0.3 is 9.73 Å². The van der Waals surface area contributed by atoms with Gasteiger partial charge in [-0.3, -0.25) is 0 Å². The summed E-state index contributed by atoms with van der Waals surface area (Å²) in [5.74, 6) is 0.766. The van der Waals surface area contributed by atoms with Crippen molar-refractivity contribution in [3.05, 3.63) is 71.9 Å². The number of hydrogen-bond acceptors (Lipinski definition) is 3. The zero-order chi connectivity index (χ0) is 15.4. The molecule has 0 unspecified atom stereocenters. The second kappa shape index (κ2) is 6.26. The van der Waals surface area contributed by atoms with Crippen LogP contribution in [0.15, 0.2) is 59.0 Å². The molecule has 0 aliphatic heterocycles. The molecule has 2 aromatic heterocycles. The average Bonchev–Trinajstić information content (AvgIpc) is 2.95. The molecule has 0 saturated carbocycles. The molecule has 3 nitrogen and oxygen atoms in total. The first-order chi connectivity index (χ1) is 10.8. The minimum atomic E-state index is -0.500. The van der Waals surface area contributed by atoms with E-state index in [4.69, 9.17) is 4.42 Å². The lowest BCUT2D eigenvalue weighted by molar-refractivity contribution is 0.582. The van der Waals surface area contributed by atoms with Crippen LogP contribution in [-0.2, 0) is 0 Å². The second-order valence-corrected chi connectivity index (χ2v) is 4.73. The van der Waals surface area contributed by atoms with Crippen molar-refractivity contribution in [3.63, 3.8) is 0 Å². The molecule has 0 saturated heterocycles. The Morgan fingerprint density at radius 2 is 1.91 bits per heavy atom. The van der Waals surface area contributed by atoms with E-state index < -0.39 is 5.95 Å². The van der Waals surface area contributed by atoms with Crippen molar-refractivity contribution in [1.29, 1.82) is 0 Å². The van der Waals surface area contributed by atoms with Crippen LogP contribution in [0, 0.1) is 5.95 Å². The number of anilines is 1. The lowest BCUT2D eigenvalue weighted by Gasteiger charge is -2.00. The van der Waals surface area contributed by atoms with Gasteiger partial charge in [0, 0.05) is 18.0 Å². The first kappa shape index (κ1) is 14.1. The van der Waals surface area contributed by atoms with Gasteiger partial charge in [-0.15, -0.1) is 0 Å². The summed E-state index contributed by atoms with van der Waals surface area (Å²) >= 11 is 0. The van der Waals surface area contributed by atoms with Crippen molar-refractivity contribution in [3.8, 4) is 0 Å². The summed E-state index contributed by atoms with van der Waals surface area (Å²) in [6.45, 7) is 0. The molecule has 0 aliphatic carbocycles. The fraction of sp³-hybridized carbons (Fsp3) is 0.0556. The quantitative estimate of drug-likeness (QED) is 0.558. The Hall–Kier alpha value is -2.88. The summed E-state index contributed by atoms with van der Waals surface area (Å²) in [6, 6.07) is 13.2. The summed E-state index contributed by atoms with van der Waals surface area (Å²) in [6.07, 6.45) is 7.07. The maximum atomic E-state index is 13.7. The Balaban J connectivity index is 1.73. The number of halogens is 1. The van der Waals surface area contributed by atoms with Gasteiger partial charge in [0.1, 0.15) is 17.2 Å². The zero-order valence-corrected chi connectivity index (χ0v) is 12.1. The van der Waals surface area contributed by atoms with Crippen molar-refractivity contribution in [2.24, 2.45) is 0 Å². The summed E-state index contributed by atoms with van der Waals surface area (Å²) < 4.78 is 19.3.